The summed E-state index contributed by atoms with van der Waals surface area (Å²) in [4.78, 5) is 3.89. The number of aromatic nitrogens is 1. The SMILES string of the molecule is NS(=O)(=O)c1ccc(Nc2nccc3c(F)c(F)c(F)cc23)cc1. The topological polar surface area (TPSA) is 85.1 Å². The first kappa shape index (κ1) is 16.2. The number of pyridine rings is 1. The molecule has 0 amide bonds. The van der Waals surface area contributed by atoms with E-state index in [0.717, 1.165) is 6.07 Å². The van der Waals surface area contributed by atoms with Crippen LogP contribution in [0.5, 0.6) is 0 Å². The largest absolute Gasteiger partial charge is 0.340 e. The second-order valence-electron chi connectivity index (χ2n) is 4.94. The second-order valence-corrected chi connectivity index (χ2v) is 6.50. The number of anilines is 2. The molecule has 3 N–H and O–H groups in total. The van der Waals surface area contributed by atoms with Crippen LogP contribution in [0, 0.1) is 17.5 Å². The molecule has 3 aromatic rings. The van der Waals surface area contributed by atoms with E-state index in [0.29, 0.717) is 5.69 Å². The molecule has 0 atom stereocenters. The summed E-state index contributed by atoms with van der Waals surface area (Å²) in [6.45, 7) is 0. The van der Waals surface area contributed by atoms with E-state index >= 15 is 0 Å². The average Bonchev–Trinajstić information content (AvgIpc) is 2.53. The molecular weight excluding hydrogens is 343 g/mol. The summed E-state index contributed by atoms with van der Waals surface area (Å²) in [6.07, 6.45) is 1.24. The van der Waals surface area contributed by atoms with Gasteiger partial charge in [-0.15, -0.1) is 0 Å². The van der Waals surface area contributed by atoms with Gasteiger partial charge < -0.3 is 5.32 Å². The molecule has 0 spiro atoms. The van der Waals surface area contributed by atoms with Crippen molar-refractivity contribution in [3.63, 3.8) is 0 Å². The number of hydrogen-bond acceptors (Lipinski definition) is 4. The van der Waals surface area contributed by atoms with Crippen LogP contribution in [0.4, 0.5) is 24.7 Å². The molecule has 0 radical (unpaired) electrons. The van der Waals surface area contributed by atoms with Gasteiger partial charge in [-0.05, 0) is 36.4 Å². The number of rotatable bonds is 3. The summed E-state index contributed by atoms with van der Waals surface area (Å²) in [6, 6.07) is 7.42. The zero-order chi connectivity index (χ0) is 17.5. The molecule has 5 nitrogen and oxygen atoms in total. The van der Waals surface area contributed by atoms with Crippen LogP contribution in [0.15, 0.2) is 47.5 Å². The highest BCUT2D eigenvalue weighted by Gasteiger charge is 2.16. The maximum Gasteiger partial charge on any atom is 0.238 e. The normalized spacial score (nSPS) is 11.7. The number of sulfonamides is 1. The molecule has 124 valence electrons. The van der Waals surface area contributed by atoms with Crippen molar-refractivity contribution in [3.8, 4) is 0 Å². The van der Waals surface area contributed by atoms with Crippen molar-refractivity contribution in [1.29, 1.82) is 0 Å². The van der Waals surface area contributed by atoms with E-state index < -0.39 is 27.5 Å². The van der Waals surface area contributed by atoms with Gasteiger partial charge in [-0.3, -0.25) is 0 Å². The minimum atomic E-state index is -3.83. The third kappa shape index (κ3) is 2.91. The third-order valence-corrected chi connectivity index (χ3v) is 4.27. The Hall–Kier alpha value is -2.65. The number of hydrogen-bond donors (Lipinski definition) is 2. The van der Waals surface area contributed by atoms with Crippen LogP contribution in [-0.2, 0) is 10.0 Å². The third-order valence-electron chi connectivity index (χ3n) is 3.35. The molecule has 9 heteroatoms. The maximum absolute atomic E-state index is 13.8. The molecule has 1 heterocycles. The standard InChI is InChI=1S/C15H10F3N3O2S/c16-12-7-11-10(13(17)14(12)18)5-6-20-15(11)21-8-1-3-9(4-2-8)24(19,22)23/h1-7H,(H,20,21)(H2,19,22,23). The van der Waals surface area contributed by atoms with Crippen molar-refractivity contribution in [3.05, 3.63) is 60.0 Å². The minimum Gasteiger partial charge on any atom is -0.340 e. The van der Waals surface area contributed by atoms with Crippen LogP contribution in [0.1, 0.15) is 0 Å². The van der Waals surface area contributed by atoms with Crippen LogP contribution < -0.4 is 10.5 Å². The molecule has 0 fully saturated rings. The van der Waals surface area contributed by atoms with Crippen LogP contribution in [0.3, 0.4) is 0 Å². The Morgan fingerprint density at radius 3 is 2.25 bits per heavy atom. The van der Waals surface area contributed by atoms with Gasteiger partial charge in [0.15, 0.2) is 17.5 Å². The lowest BCUT2D eigenvalue weighted by Gasteiger charge is -2.10. The summed E-state index contributed by atoms with van der Waals surface area (Å²) in [5.74, 6) is -4.11. The first-order valence-corrected chi connectivity index (χ1v) is 8.14. The molecule has 24 heavy (non-hydrogen) atoms. The molecule has 0 aliphatic heterocycles. The van der Waals surface area contributed by atoms with E-state index in [-0.39, 0.29) is 21.5 Å². The van der Waals surface area contributed by atoms with Gasteiger partial charge in [0.25, 0.3) is 0 Å². The maximum atomic E-state index is 13.8. The summed E-state index contributed by atoms with van der Waals surface area (Å²) < 4.78 is 63.0. The fraction of sp³-hybridized carbons (Fsp3) is 0. The Morgan fingerprint density at radius 2 is 1.62 bits per heavy atom. The Bertz CT molecular complexity index is 1040. The number of halogens is 3. The number of nitrogens with one attached hydrogen (secondary N) is 1. The molecule has 0 saturated heterocycles. The van der Waals surface area contributed by atoms with Crippen molar-refractivity contribution in [2.24, 2.45) is 5.14 Å². The summed E-state index contributed by atoms with van der Waals surface area (Å²) in [5, 5.41) is 7.71. The number of primary sulfonamides is 1. The van der Waals surface area contributed by atoms with E-state index in [1.165, 1.54) is 36.5 Å². The van der Waals surface area contributed by atoms with E-state index in [4.69, 9.17) is 5.14 Å². The van der Waals surface area contributed by atoms with Crippen LogP contribution in [0.25, 0.3) is 10.8 Å². The van der Waals surface area contributed by atoms with Crippen molar-refractivity contribution in [1.82, 2.24) is 4.98 Å². The number of fused-ring (bicyclic) bond motifs is 1. The van der Waals surface area contributed by atoms with Gasteiger partial charge in [0.05, 0.1) is 4.90 Å². The van der Waals surface area contributed by atoms with E-state index in [9.17, 15) is 21.6 Å². The lowest BCUT2D eigenvalue weighted by atomic mass is 10.1. The number of nitrogens with zero attached hydrogens (tertiary/aromatic N) is 1. The van der Waals surface area contributed by atoms with Gasteiger partial charge in [0, 0.05) is 22.7 Å². The van der Waals surface area contributed by atoms with Gasteiger partial charge in [-0.2, -0.15) is 0 Å². The summed E-state index contributed by atoms with van der Waals surface area (Å²) in [7, 11) is -3.83. The highest BCUT2D eigenvalue weighted by Crippen LogP contribution is 2.29. The fourth-order valence-corrected chi connectivity index (χ4v) is 2.70. The minimum absolute atomic E-state index is 0.0458. The Balaban J connectivity index is 2.05. The molecule has 2 aromatic carbocycles. The molecule has 3 rings (SSSR count). The summed E-state index contributed by atoms with van der Waals surface area (Å²) >= 11 is 0. The van der Waals surface area contributed by atoms with Gasteiger partial charge in [0.2, 0.25) is 10.0 Å². The molecule has 0 aliphatic rings. The predicted molar refractivity (Wildman–Crippen MR) is 82.7 cm³/mol. The fourth-order valence-electron chi connectivity index (χ4n) is 2.19. The van der Waals surface area contributed by atoms with E-state index in [1.807, 2.05) is 0 Å². The average molecular weight is 353 g/mol. The first-order chi connectivity index (χ1) is 11.3. The highest BCUT2D eigenvalue weighted by molar-refractivity contribution is 7.89. The van der Waals surface area contributed by atoms with Crippen molar-refractivity contribution in [2.45, 2.75) is 4.90 Å². The Kier molecular flexibility index (Phi) is 3.90. The number of nitrogens with two attached hydrogens (primary N) is 1. The van der Waals surface area contributed by atoms with Gasteiger partial charge in [0.1, 0.15) is 5.82 Å². The lowest BCUT2D eigenvalue weighted by Crippen LogP contribution is -2.11. The first-order valence-electron chi connectivity index (χ1n) is 6.59. The van der Waals surface area contributed by atoms with Crippen molar-refractivity contribution >= 4 is 32.3 Å². The molecule has 0 saturated carbocycles. The number of benzene rings is 2. The highest BCUT2D eigenvalue weighted by atomic mass is 32.2. The Morgan fingerprint density at radius 1 is 0.958 bits per heavy atom. The second kappa shape index (κ2) is 5.77. The van der Waals surface area contributed by atoms with Crippen LogP contribution >= 0.6 is 0 Å². The smallest absolute Gasteiger partial charge is 0.238 e. The molecular formula is C15H10F3N3O2S. The van der Waals surface area contributed by atoms with Crippen molar-refractivity contribution in [2.75, 3.05) is 5.32 Å². The molecule has 0 unspecified atom stereocenters. The van der Waals surface area contributed by atoms with Gasteiger partial charge in [-0.1, -0.05) is 0 Å². The van der Waals surface area contributed by atoms with Crippen LogP contribution in [0.2, 0.25) is 0 Å². The lowest BCUT2D eigenvalue weighted by molar-refractivity contribution is 0.453. The van der Waals surface area contributed by atoms with Gasteiger partial charge >= 0.3 is 0 Å². The summed E-state index contributed by atoms with van der Waals surface area (Å²) in [5.41, 5.74) is 0.410. The molecule has 1 aromatic heterocycles. The van der Waals surface area contributed by atoms with E-state index in [2.05, 4.69) is 10.3 Å². The molecule has 0 bridgehead atoms. The zero-order valence-electron chi connectivity index (χ0n) is 11.9. The van der Waals surface area contributed by atoms with Crippen molar-refractivity contribution < 1.29 is 21.6 Å². The Labute approximate surface area is 135 Å². The molecule has 0 aliphatic carbocycles. The van der Waals surface area contributed by atoms with Crippen LogP contribution in [-0.4, -0.2) is 13.4 Å². The van der Waals surface area contributed by atoms with Gasteiger partial charge in [-0.25, -0.2) is 31.7 Å². The monoisotopic (exact) mass is 353 g/mol. The van der Waals surface area contributed by atoms with E-state index in [1.54, 1.807) is 0 Å². The predicted octanol–water partition coefficient (Wildman–Crippen LogP) is 3.04. The zero-order valence-corrected chi connectivity index (χ0v) is 12.7. The quantitative estimate of drug-likeness (QED) is 0.709.